The van der Waals surface area contributed by atoms with E-state index in [2.05, 4.69) is 10.1 Å². The highest BCUT2D eigenvalue weighted by Gasteiger charge is 2.26. The maximum atomic E-state index is 12.3. The number of esters is 1. The quantitative estimate of drug-likeness (QED) is 0.808. The van der Waals surface area contributed by atoms with E-state index in [4.69, 9.17) is 0 Å². The van der Waals surface area contributed by atoms with Crippen LogP contribution in [0.2, 0.25) is 0 Å². The molecule has 1 N–H and O–H groups in total. The van der Waals surface area contributed by atoms with E-state index >= 15 is 0 Å². The van der Waals surface area contributed by atoms with Crippen molar-refractivity contribution in [3.8, 4) is 0 Å². The minimum Gasteiger partial charge on any atom is -0.465 e. The van der Waals surface area contributed by atoms with Gasteiger partial charge in [-0.1, -0.05) is 0 Å². The molecule has 0 amide bonds. The largest absolute Gasteiger partial charge is 0.465 e. The van der Waals surface area contributed by atoms with Crippen molar-refractivity contribution in [2.24, 2.45) is 0 Å². The second kappa shape index (κ2) is 6.46. The smallest absolute Gasteiger partial charge is 0.341 e. The van der Waals surface area contributed by atoms with Gasteiger partial charge in [0.05, 0.1) is 11.5 Å². The number of hydrogen-bond acceptors (Lipinski definition) is 5. The average molecular weight is 293 g/mol. The molecule has 0 spiro atoms. The molecule has 19 heavy (non-hydrogen) atoms. The first-order valence-electron chi connectivity index (χ1n) is 5.39. The average Bonchev–Trinajstić information content (AvgIpc) is 2.37. The van der Waals surface area contributed by atoms with Crippen molar-refractivity contribution in [2.45, 2.75) is 17.6 Å². The van der Waals surface area contributed by atoms with Crippen molar-refractivity contribution in [1.29, 1.82) is 0 Å². The molecule has 0 aliphatic heterocycles. The fourth-order valence-corrected chi connectivity index (χ4v) is 1.97. The Morgan fingerprint density at radius 2 is 1.89 bits per heavy atom. The molecule has 0 aliphatic rings. The number of ether oxygens (including phenoxy) is 1. The summed E-state index contributed by atoms with van der Waals surface area (Å²) < 4.78 is 51.5. The second-order valence-corrected chi connectivity index (χ2v) is 5.41. The van der Waals surface area contributed by atoms with Crippen LogP contribution in [0, 0.1) is 0 Å². The van der Waals surface area contributed by atoms with Crippen LogP contribution in [0.15, 0.2) is 29.2 Å². The number of carbonyl (C=O) groups excluding carboxylic acids is 1. The molecule has 0 radical (unpaired) electrons. The standard InChI is InChI=1S/C11H13F2NO4S/c1-2-18-10(15)7-14-8-3-5-9(6-4-8)19(16,17)11(12)13/h3-6,11,14H,2,7H2,1H3. The van der Waals surface area contributed by atoms with Crippen molar-refractivity contribution in [2.75, 3.05) is 18.5 Å². The Morgan fingerprint density at radius 3 is 2.37 bits per heavy atom. The predicted molar refractivity (Wildman–Crippen MR) is 64.8 cm³/mol. The maximum Gasteiger partial charge on any atom is 0.341 e. The number of anilines is 1. The van der Waals surface area contributed by atoms with Gasteiger partial charge in [0, 0.05) is 5.69 Å². The van der Waals surface area contributed by atoms with Crippen molar-refractivity contribution in [3.63, 3.8) is 0 Å². The van der Waals surface area contributed by atoms with E-state index in [1.807, 2.05) is 0 Å². The van der Waals surface area contributed by atoms with Crippen LogP contribution in [-0.2, 0) is 19.4 Å². The van der Waals surface area contributed by atoms with Crippen LogP contribution in [0.5, 0.6) is 0 Å². The van der Waals surface area contributed by atoms with Crippen molar-refractivity contribution in [3.05, 3.63) is 24.3 Å². The third-order valence-electron chi connectivity index (χ3n) is 2.16. The highest BCUT2D eigenvalue weighted by atomic mass is 32.2. The summed E-state index contributed by atoms with van der Waals surface area (Å²) in [5, 5.41) is 2.68. The Labute approximate surface area is 109 Å². The molecule has 0 saturated carbocycles. The molecule has 1 rings (SSSR count). The molecular weight excluding hydrogens is 280 g/mol. The molecule has 0 fully saturated rings. The van der Waals surface area contributed by atoms with Crippen LogP contribution in [0.3, 0.4) is 0 Å². The van der Waals surface area contributed by atoms with Gasteiger partial charge in [-0.2, -0.15) is 8.78 Å². The zero-order valence-corrected chi connectivity index (χ0v) is 10.9. The minimum absolute atomic E-state index is 0.0885. The molecule has 0 aromatic heterocycles. The molecule has 0 unspecified atom stereocenters. The Kier molecular flexibility index (Phi) is 5.22. The van der Waals surface area contributed by atoms with Crippen LogP contribution in [0.4, 0.5) is 14.5 Å². The van der Waals surface area contributed by atoms with Gasteiger partial charge in [0.25, 0.3) is 0 Å². The number of halogens is 2. The first kappa shape index (κ1) is 15.4. The number of sulfone groups is 1. The number of hydrogen-bond donors (Lipinski definition) is 1. The summed E-state index contributed by atoms with van der Waals surface area (Å²) in [6, 6.07) is 4.70. The number of nitrogens with one attached hydrogen (secondary N) is 1. The molecular formula is C11H13F2NO4S. The van der Waals surface area contributed by atoms with Crippen LogP contribution in [0.25, 0.3) is 0 Å². The maximum absolute atomic E-state index is 12.3. The first-order chi connectivity index (χ1) is 8.87. The third-order valence-corrected chi connectivity index (χ3v) is 3.56. The third kappa shape index (κ3) is 4.16. The lowest BCUT2D eigenvalue weighted by Gasteiger charge is -2.07. The number of rotatable bonds is 6. The Bertz CT molecular complexity index is 528. The summed E-state index contributed by atoms with van der Waals surface area (Å²) in [5.74, 6) is -3.92. The highest BCUT2D eigenvalue weighted by molar-refractivity contribution is 7.91. The van der Waals surface area contributed by atoms with Gasteiger partial charge in [0.15, 0.2) is 0 Å². The van der Waals surface area contributed by atoms with Crippen LogP contribution in [-0.4, -0.2) is 33.3 Å². The summed E-state index contributed by atoms with van der Waals surface area (Å²) in [5.41, 5.74) is 0.432. The number of benzene rings is 1. The predicted octanol–water partition coefficient (Wildman–Crippen LogP) is 1.66. The van der Waals surface area contributed by atoms with E-state index < -0.39 is 26.5 Å². The molecule has 1 aromatic rings. The molecule has 0 bridgehead atoms. The normalized spacial score (nSPS) is 11.4. The lowest BCUT2D eigenvalue weighted by atomic mass is 10.3. The zero-order chi connectivity index (χ0) is 14.5. The SMILES string of the molecule is CCOC(=O)CNc1ccc(S(=O)(=O)C(F)F)cc1. The van der Waals surface area contributed by atoms with Gasteiger partial charge in [-0.15, -0.1) is 0 Å². The lowest BCUT2D eigenvalue weighted by molar-refractivity contribution is -0.140. The van der Waals surface area contributed by atoms with E-state index in [9.17, 15) is 22.0 Å². The molecule has 1 aromatic carbocycles. The van der Waals surface area contributed by atoms with Crippen LogP contribution < -0.4 is 5.32 Å². The first-order valence-corrected chi connectivity index (χ1v) is 6.94. The summed E-state index contributed by atoms with van der Waals surface area (Å²) in [6.45, 7) is 1.84. The van der Waals surface area contributed by atoms with Crippen LogP contribution >= 0.6 is 0 Å². The fourth-order valence-electron chi connectivity index (χ4n) is 1.25. The molecule has 5 nitrogen and oxygen atoms in total. The molecule has 8 heteroatoms. The summed E-state index contributed by atoms with van der Waals surface area (Å²) in [7, 11) is -4.59. The van der Waals surface area contributed by atoms with E-state index in [0.717, 1.165) is 12.1 Å². The van der Waals surface area contributed by atoms with Crippen molar-refractivity contribution >= 4 is 21.5 Å². The Morgan fingerprint density at radius 1 is 1.32 bits per heavy atom. The molecule has 0 saturated heterocycles. The highest BCUT2D eigenvalue weighted by Crippen LogP contribution is 2.20. The molecule has 0 atom stereocenters. The van der Waals surface area contributed by atoms with Gasteiger partial charge in [-0.05, 0) is 31.2 Å². The number of carbonyl (C=O) groups is 1. The van der Waals surface area contributed by atoms with Gasteiger partial charge >= 0.3 is 11.7 Å². The van der Waals surface area contributed by atoms with Gasteiger partial charge in [0.2, 0.25) is 9.84 Å². The minimum atomic E-state index is -4.59. The van der Waals surface area contributed by atoms with Gasteiger partial charge < -0.3 is 10.1 Å². The number of alkyl halides is 2. The lowest BCUT2D eigenvalue weighted by Crippen LogP contribution is -2.16. The van der Waals surface area contributed by atoms with E-state index in [1.165, 1.54) is 12.1 Å². The summed E-state index contributed by atoms with van der Waals surface area (Å²) >= 11 is 0. The Hall–Kier alpha value is -1.70. The van der Waals surface area contributed by atoms with E-state index in [1.54, 1.807) is 6.92 Å². The van der Waals surface area contributed by atoms with Crippen LogP contribution in [0.1, 0.15) is 6.92 Å². The van der Waals surface area contributed by atoms with Gasteiger partial charge in [-0.3, -0.25) is 4.79 Å². The van der Waals surface area contributed by atoms with Gasteiger partial charge in [-0.25, -0.2) is 8.42 Å². The van der Waals surface area contributed by atoms with E-state index in [0.29, 0.717) is 5.69 Å². The fraction of sp³-hybridized carbons (Fsp3) is 0.364. The summed E-state index contributed by atoms with van der Waals surface area (Å²) in [6.07, 6.45) is 0. The molecule has 0 heterocycles. The molecule has 0 aliphatic carbocycles. The summed E-state index contributed by atoms with van der Waals surface area (Å²) in [4.78, 5) is 10.6. The Balaban J connectivity index is 2.70. The monoisotopic (exact) mass is 293 g/mol. The second-order valence-electron chi connectivity index (χ2n) is 3.49. The zero-order valence-electron chi connectivity index (χ0n) is 10.1. The van der Waals surface area contributed by atoms with E-state index in [-0.39, 0.29) is 13.2 Å². The van der Waals surface area contributed by atoms with Gasteiger partial charge in [0.1, 0.15) is 6.54 Å². The molecule has 106 valence electrons. The van der Waals surface area contributed by atoms with Crippen molar-refractivity contribution in [1.82, 2.24) is 0 Å². The van der Waals surface area contributed by atoms with Crippen molar-refractivity contribution < 1.29 is 26.7 Å². The topological polar surface area (TPSA) is 72.5 Å².